The molecule has 0 bridgehead atoms. The molecule has 4 rings (SSSR count). The predicted octanol–water partition coefficient (Wildman–Crippen LogP) is 3.57. The molecule has 2 aliphatic rings. The number of benzene rings is 1. The van der Waals surface area contributed by atoms with Crippen molar-refractivity contribution in [3.63, 3.8) is 0 Å². The minimum Gasteiger partial charge on any atom is -0.391 e. The molecule has 1 amide bonds. The van der Waals surface area contributed by atoms with E-state index in [1.54, 1.807) is 0 Å². The maximum Gasteiger partial charge on any atom is 0.228 e. The summed E-state index contributed by atoms with van der Waals surface area (Å²) in [7, 11) is 0. The van der Waals surface area contributed by atoms with E-state index in [4.69, 9.17) is 0 Å². The normalized spacial score (nSPS) is 25.5. The first-order valence-electron chi connectivity index (χ1n) is 9.87. The number of rotatable bonds is 3. The molecule has 4 nitrogen and oxygen atoms in total. The number of pyridine rings is 1. The van der Waals surface area contributed by atoms with Crippen molar-refractivity contribution in [2.24, 2.45) is 11.3 Å². The van der Waals surface area contributed by atoms with E-state index in [-0.39, 0.29) is 17.2 Å². The summed E-state index contributed by atoms with van der Waals surface area (Å²) in [6.45, 7) is 3.25. The molecule has 0 radical (unpaired) electrons. The van der Waals surface area contributed by atoms with Gasteiger partial charge in [0.15, 0.2) is 0 Å². The van der Waals surface area contributed by atoms with E-state index in [9.17, 15) is 9.90 Å². The Hall–Kier alpha value is -1.94. The molecule has 2 heterocycles. The van der Waals surface area contributed by atoms with E-state index in [0.717, 1.165) is 43.0 Å². The van der Waals surface area contributed by atoms with Gasteiger partial charge in [-0.2, -0.15) is 0 Å². The lowest BCUT2D eigenvalue weighted by Crippen LogP contribution is -2.42. The molecule has 1 N–H and O–H groups in total. The van der Waals surface area contributed by atoms with Crippen LogP contribution in [0.2, 0.25) is 0 Å². The van der Waals surface area contributed by atoms with Gasteiger partial charge in [0.1, 0.15) is 0 Å². The first-order valence-corrected chi connectivity index (χ1v) is 9.87. The molecule has 0 spiro atoms. The minimum absolute atomic E-state index is 0.0944. The number of carbonyl (C=O) groups is 1. The van der Waals surface area contributed by atoms with Gasteiger partial charge < -0.3 is 10.0 Å². The van der Waals surface area contributed by atoms with Crippen LogP contribution in [0, 0.1) is 11.3 Å². The lowest BCUT2D eigenvalue weighted by molar-refractivity contribution is -0.142. The molecule has 26 heavy (non-hydrogen) atoms. The van der Waals surface area contributed by atoms with Crippen molar-refractivity contribution in [3.8, 4) is 0 Å². The smallest absolute Gasteiger partial charge is 0.228 e. The van der Waals surface area contributed by atoms with Gasteiger partial charge in [-0.3, -0.25) is 9.78 Å². The van der Waals surface area contributed by atoms with Crippen LogP contribution in [0.1, 0.15) is 44.6 Å². The maximum atomic E-state index is 13.1. The van der Waals surface area contributed by atoms with Crippen LogP contribution in [0.15, 0.2) is 36.5 Å². The number of hydrogen-bond donors (Lipinski definition) is 1. The van der Waals surface area contributed by atoms with Crippen molar-refractivity contribution in [2.75, 3.05) is 13.1 Å². The summed E-state index contributed by atoms with van der Waals surface area (Å²) in [6, 6.07) is 10.2. The molecule has 1 aromatic heterocycles. The van der Waals surface area contributed by atoms with Crippen molar-refractivity contribution >= 4 is 16.8 Å². The van der Waals surface area contributed by atoms with E-state index in [2.05, 4.69) is 18.0 Å². The van der Waals surface area contributed by atoms with Crippen LogP contribution in [0.3, 0.4) is 0 Å². The van der Waals surface area contributed by atoms with Gasteiger partial charge in [-0.05, 0) is 37.0 Å². The number of para-hydroxylation sites is 1. The van der Waals surface area contributed by atoms with Crippen LogP contribution in [-0.4, -0.2) is 40.1 Å². The lowest BCUT2D eigenvalue weighted by atomic mass is 9.74. The first-order chi connectivity index (χ1) is 12.6. The summed E-state index contributed by atoms with van der Waals surface area (Å²) >= 11 is 0. The monoisotopic (exact) mass is 352 g/mol. The summed E-state index contributed by atoms with van der Waals surface area (Å²) in [4.78, 5) is 19.4. The largest absolute Gasteiger partial charge is 0.391 e. The molecule has 2 atom stereocenters. The molecule has 1 saturated carbocycles. The van der Waals surface area contributed by atoms with Crippen LogP contribution in [0.25, 0.3) is 10.9 Å². The summed E-state index contributed by atoms with van der Waals surface area (Å²) in [6.07, 6.45) is 7.67. The maximum absolute atomic E-state index is 13.1. The average Bonchev–Trinajstić information content (AvgIpc) is 3.02. The van der Waals surface area contributed by atoms with Gasteiger partial charge in [0.2, 0.25) is 5.91 Å². The molecule has 2 fully saturated rings. The second-order valence-corrected chi connectivity index (χ2v) is 8.35. The number of hydrogen-bond acceptors (Lipinski definition) is 3. The Morgan fingerprint density at radius 3 is 2.77 bits per heavy atom. The van der Waals surface area contributed by atoms with E-state index < -0.39 is 6.10 Å². The first kappa shape index (κ1) is 17.5. The van der Waals surface area contributed by atoms with Gasteiger partial charge in [-0.15, -0.1) is 0 Å². The van der Waals surface area contributed by atoms with Gasteiger partial charge in [-0.25, -0.2) is 0 Å². The summed E-state index contributed by atoms with van der Waals surface area (Å²) in [5.41, 5.74) is 1.97. The van der Waals surface area contributed by atoms with Gasteiger partial charge >= 0.3 is 0 Å². The van der Waals surface area contributed by atoms with Crippen LogP contribution in [0.4, 0.5) is 0 Å². The second kappa shape index (κ2) is 6.99. The number of aliphatic hydroxyl groups excluding tert-OH is 1. The van der Waals surface area contributed by atoms with Crippen molar-refractivity contribution in [2.45, 2.75) is 51.6 Å². The average molecular weight is 352 g/mol. The van der Waals surface area contributed by atoms with Crippen molar-refractivity contribution in [3.05, 3.63) is 42.1 Å². The van der Waals surface area contributed by atoms with Crippen LogP contribution < -0.4 is 0 Å². The third kappa shape index (κ3) is 3.23. The highest BCUT2D eigenvalue weighted by atomic mass is 16.3. The zero-order chi connectivity index (χ0) is 18.1. The third-order valence-electron chi connectivity index (χ3n) is 6.39. The zero-order valence-electron chi connectivity index (χ0n) is 15.5. The molecule has 1 saturated heterocycles. The number of β-amino-alcohol motifs (C(OH)–C–C–N with tert-alkyl or cyclic N) is 1. The van der Waals surface area contributed by atoms with E-state index >= 15 is 0 Å². The summed E-state index contributed by atoms with van der Waals surface area (Å²) in [5.74, 6) is 0.343. The van der Waals surface area contributed by atoms with Crippen LogP contribution in [0.5, 0.6) is 0 Å². The lowest BCUT2D eigenvalue weighted by Gasteiger charge is -2.35. The Morgan fingerprint density at radius 1 is 1.19 bits per heavy atom. The van der Waals surface area contributed by atoms with Crippen molar-refractivity contribution < 1.29 is 9.90 Å². The number of carbonyl (C=O) groups excluding carboxylic acids is 1. The van der Waals surface area contributed by atoms with Gasteiger partial charge in [0.25, 0.3) is 0 Å². The number of aromatic nitrogens is 1. The molecule has 1 aliphatic carbocycles. The third-order valence-corrected chi connectivity index (χ3v) is 6.39. The second-order valence-electron chi connectivity index (χ2n) is 8.35. The molecule has 138 valence electrons. The van der Waals surface area contributed by atoms with Crippen molar-refractivity contribution in [1.82, 2.24) is 9.88 Å². The Morgan fingerprint density at radius 2 is 1.96 bits per heavy atom. The Bertz CT molecular complexity index is 792. The van der Waals surface area contributed by atoms with E-state index in [1.807, 2.05) is 35.4 Å². The van der Waals surface area contributed by atoms with Gasteiger partial charge in [-0.1, -0.05) is 44.4 Å². The molecular formula is C22H28N2O2. The van der Waals surface area contributed by atoms with Gasteiger partial charge in [0, 0.05) is 36.0 Å². The number of amides is 1. The SMILES string of the molecule is CC1(C(=O)N2C[C@@H](Cc3ccnc4ccccc34)[C@H](O)C2)CCCCC1. The number of fused-ring (bicyclic) bond motifs is 1. The fourth-order valence-corrected chi connectivity index (χ4v) is 4.76. The highest BCUT2D eigenvalue weighted by Crippen LogP contribution is 2.39. The molecule has 2 aromatic rings. The number of likely N-dealkylation sites (tertiary alicyclic amines) is 1. The molecule has 1 aliphatic heterocycles. The minimum atomic E-state index is -0.446. The predicted molar refractivity (Wildman–Crippen MR) is 103 cm³/mol. The summed E-state index contributed by atoms with van der Waals surface area (Å²) in [5, 5.41) is 11.8. The fraction of sp³-hybridized carbons (Fsp3) is 0.545. The zero-order valence-corrected chi connectivity index (χ0v) is 15.5. The highest BCUT2D eigenvalue weighted by Gasteiger charge is 2.42. The summed E-state index contributed by atoms with van der Waals surface area (Å²) < 4.78 is 0. The molecule has 4 heteroatoms. The fourth-order valence-electron chi connectivity index (χ4n) is 4.76. The van der Waals surface area contributed by atoms with Crippen LogP contribution >= 0.6 is 0 Å². The Labute approximate surface area is 155 Å². The quantitative estimate of drug-likeness (QED) is 0.919. The number of aliphatic hydroxyl groups is 1. The topological polar surface area (TPSA) is 53.4 Å². The molecule has 0 unspecified atom stereocenters. The number of nitrogens with zero attached hydrogens (tertiary/aromatic N) is 2. The van der Waals surface area contributed by atoms with Crippen LogP contribution in [-0.2, 0) is 11.2 Å². The highest BCUT2D eigenvalue weighted by molar-refractivity contribution is 5.83. The van der Waals surface area contributed by atoms with E-state index in [1.165, 1.54) is 12.0 Å². The van der Waals surface area contributed by atoms with Crippen molar-refractivity contribution in [1.29, 1.82) is 0 Å². The van der Waals surface area contributed by atoms with E-state index in [0.29, 0.717) is 13.1 Å². The van der Waals surface area contributed by atoms with Gasteiger partial charge in [0.05, 0.1) is 11.6 Å². The molecule has 1 aromatic carbocycles. The Balaban J connectivity index is 1.49. The standard InChI is InChI=1S/C22H28N2O2/c1-22(10-5-2-6-11-22)21(26)24-14-17(20(25)15-24)13-16-9-12-23-19-8-4-3-7-18(16)19/h3-4,7-9,12,17,20,25H,2,5-6,10-11,13-15H2,1H3/t17-,20-/m1/s1. The Kier molecular flexibility index (Phi) is 4.70. The molecular weight excluding hydrogens is 324 g/mol.